The first kappa shape index (κ1) is 16.5. The van der Waals surface area contributed by atoms with Crippen LogP contribution in [-0.4, -0.2) is 30.2 Å². The van der Waals surface area contributed by atoms with Crippen molar-refractivity contribution in [2.24, 2.45) is 0 Å². The van der Waals surface area contributed by atoms with Crippen LogP contribution in [0.25, 0.3) is 0 Å². The first-order valence-electron chi connectivity index (χ1n) is 6.10. The lowest BCUT2D eigenvalue weighted by molar-refractivity contribution is 0.324. The summed E-state index contributed by atoms with van der Waals surface area (Å²) in [6.45, 7) is 14.4. The zero-order valence-electron chi connectivity index (χ0n) is 11.9. The first-order chi connectivity index (χ1) is 6.97. The highest BCUT2D eigenvalue weighted by atomic mass is 28.5. The SMILES string of the molecule is CCCC[Si](C)(C)O[Si](C)(C)O[Si](C)(C)O. The molecule has 0 aliphatic rings. The molecule has 0 spiro atoms. The minimum absolute atomic E-state index is 1.18. The molecule has 0 saturated carbocycles. The summed E-state index contributed by atoms with van der Waals surface area (Å²) in [6, 6.07) is 1.18. The van der Waals surface area contributed by atoms with Crippen LogP contribution in [-0.2, 0) is 8.23 Å². The standard InChI is InChI=1S/C10H28O3Si3/c1-8-9-10-14(2,3)12-16(6,7)13-15(4,5)11/h11H,8-10H2,1-7H3. The highest BCUT2D eigenvalue weighted by Gasteiger charge is 2.38. The van der Waals surface area contributed by atoms with E-state index in [-0.39, 0.29) is 0 Å². The van der Waals surface area contributed by atoms with Crippen molar-refractivity contribution in [3.63, 3.8) is 0 Å². The van der Waals surface area contributed by atoms with Crippen molar-refractivity contribution in [3.8, 4) is 0 Å². The molecule has 0 unspecified atom stereocenters. The molecule has 0 radical (unpaired) electrons. The third-order valence-corrected chi connectivity index (χ3v) is 11.8. The quantitative estimate of drug-likeness (QED) is 0.726. The second-order valence-electron chi connectivity index (χ2n) is 5.91. The van der Waals surface area contributed by atoms with Crippen LogP contribution in [0.2, 0.25) is 45.3 Å². The summed E-state index contributed by atoms with van der Waals surface area (Å²) >= 11 is 0. The van der Waals surface area contributed by atoms with Crippen LogP contribution in [0, 0.1) is 0 Å². The van der Waals surface area contributed by atoms with Crippen LogP contribution < -0.4 is 0 Å². The van der Waals surface area contributed by atoms with Crippen molar-refractivity contribution in [2.75, 3.05) is 0 Å². The molecule has 0 aromatic heterocycles. The van der Waals surface area contributed by atoms with Gasteiger partial charge in [-0.25, -0.2) is 0 Å². The Balaban J connectivity index is 4.33. The fourth-order valence-corrected chi connectivity index (χ4v) is 14.2. The Kier molecular flexibility index (Phi) is 6.12. The van der Waals surface area contributed by atoms with Gasteiger partial charge in [-0.2, -0.15) is 0 Å². The average molecular weight is 281 g/mol. The highest BCUT2D eigenvalue weighted by molar-refractivity contribution is 6.86. The molecule has 0 fully saturated rings. The van der Waals surface area contributed by atoms with E-state index in [1.54, 1.807) is 13.1 Å². The van der Waals surface area contributed by atoms with Crippen molar-refractivity contribution >= 4 is 25.4 Å². The van der Waals surface area contributed by atoms with Crippen molar-refractivity contribution in [1.82, 2.24) is 0 Å². The summed E-state index contributed by atoms with van der Waals surface area (Å²) in [6.07, 6.45) is 2.44. The van der Waals surface area contributed by atoms with E-state index < -0.39 is 25.4 Å². The molecule has 16 heavy (non-hydrogen) atoms. The minimum atomic E-state index is -2.46. The molecule has 0 heterocycles. The van der Waals surface area contributed by atoms with Crippen molar-refractivity contribution in [2.45, 2.75) is 65.1 Å². The largest absolute Gasteiger partial charge is 0.436 e. The smallest absolute Gasteiger partial charge is 0.320 e. The molecule has 98 valence electrons. The maximum atomic E-state index is 9.81. The molecule has 6 heteroatoms. The molecule has 0 rings (SSSR count). The molecule has 1 N–H and O–H groups in total. The van der Waals surface area contributed by atoms with E-state index in [9.17, 15) is 4.80 Å². The molecule has 0 bridgehead atoms. The zero-order chi connectivity index (χ0) is 13.0. The van der Waals surface area contributed by atoms with E-state index in [1.165, 1.54) is 18.9 Å². The Morgan fingerprint density at radius 1 is 0.938 bits per heavy atom. The van der Waals surface area contributed by atoms with Crippen LogP contribution in [0.1, 0.15) is 19.8 Å². The number of hydrogen-bond acceptors (Lipinski definition) is 3. The molecular formula is C10H28O3Si3. The molecule has 0 aromatic carbocycles. The normalized spacial score (nSPS) is 14.2. The number of hydrogen-bond donors (Lipinski definition) is 1. The van der Waals surface area contributed by atoms with E-state index in [2.05, 4.69) is 20.0 Å². The third-order valence-electron chi connectivity index (χ3n) is 2.15. The third kappa shape index (κ3) is 8.66. The Morgan fingerprint density at radius 2 is 1.44 bits per heavy atom. The van der Waals surface area contributed by atoms with Gasteiger partial charge in [0.2, 0.25) is 0 Å². The van der Waals surface area contributed by atoms with Gasteiger partial charge in [-0.15, -0.1) is 0 Å². The summed E-state index contributed by atoms with van der Waals surface area (Å²) in [4.78, 5) is 9.81. The fraction of sp³-hybridized carbons (Fsp3) is 1.00. The molecule has 0 amide bonds. The highest BCUT2D eigenvalue weighted by Crippen LogP contribution is 2.23. The predicted molar refractivity (Wildman–Crippen MR) is 76.5 cm³/mol. The summed E-state index contributed by atoms with van der Waals surface area (Å²) in [5, 5.41) is 0. The van der Waals surface area contributed by atoms with Crippen molar-refractivity contribution < 1.29 is 13.0 Å². The van der Waals surface area contributed by atoms with Gasteiger partial charge in [-0.1, -0.05) is 19.8 Å². The van der Waals surface area contributed by atoms with Gasteiger partial charge >= 0.3 is 17.1 Å². The summed E-state index contributed by atoms with van der Waals surface area (Å²) in [5.74, 6) is 0. The number of rotatable bonds is 7. The maximum absolute atomic E-state index is 9.81. The first-order valence-corrected chi connectivity index (χ1v) is 14.9. The van der Waals surface area contributed by atoms with Crippen LogP contribution in [0.4, 0.5) is 0 Å². The van der Waals surface area contributed by atoms with Gasteiger partial charge in [0, 0.05) is 0 Å². The molecular weight excluding hydrogens is 252 g/mol. The van der Waals surface area contributed by atoms with Crippen LogP contribution in [0.3, 0.4) is 0 Å². The molecule has 0 aliphatic carbocycles. The Labute approximate surface area is 104 Å². The Hall–Kier alpha value is 0.531. The monoisotopic (exact) mass is 280 g/mol. The molecule has 0 atom stereocenters. The number of unbranched alkanes of at least 4 members (excludes halogenated alkanes) is 1. The van der Waals surface area contributed by atoms with Crippen LogP contribution in [0.5, 0.6) is 0 Å². The lowest BCUT2D eigenvalue weighted by Gasteiger charge is -2.36. The van der Waals surface area contributed by atoms with Gasteiger partial charge < -0.3 is 13.0 Å². The summed E-state index contributed by atoms with van der Waals surface area (Å²) in [7, 11) is -6.23. The molecule has 0 saturated heterocycles. The van der Waals surface area contributed by atoms with Gasteiger partial charge in [-0.3, -0.25) is 0 Å². The van der Waals surface area contributed by atoms with Crippen LogP contribution in [0.15, 0.2) is 0 Å². The van der Waals surface area contributed by atoms with E-state index in [0.29, 0.717) is 0 Å². The topological polar surface area (TPSA) is 38.7 Å². The lowest BCUT2D eigenvalue weighted by Crippen LogP contribution is -2.52. The van der Waals surface area contributed by atoms with Gasteiger partial charge in [0.1, 0.15) is 0 Å². The maximum Gasteiger partial charge on any atom is 0.320 e. The van der Waals surface area contributed by atoms with E-state index >= 15 is 0 Å². The van der Waals surface area contributed by atoms with E-state index in [1.807, 2.05) is 13.1 Å². The van der Waals surface area contributed by atoms with Gasteiger partial charge in [0.15, 0.2) is 8.32 Å². The Bertz CT molecular complexity index is 212. The summed E-state index contributed by atoms with van der Waals surface area (Å²) < 4.78 is 12.0. The lowest BCUT2D eigenvalue weighted by atomic mass is 10.4. The van der Waals surface area contributed by atoms with E-state index in [4.69, 9.17) is 8.23 Å². The van der Waals surface area contributed by atoms with Gasteiger partial charge in [0.05, 0.1) is 0 Å². The second kappa shape index (κ2) is 5.92. The molecule has 3 nitrogen and oxygen atoms in total. The second-order valence-corrected chi connectivity index (χ2v) is 17.3. The minimum Gasteiger partial charge on any atom is -0.436 e. The van der Waals surface area contributed by atoms with Crippen LogP contribution >= 0.6 is 0 Å². The Morgan fingerprint density at radius 3 is 1.81 bits per heavy atom. The van der Waals surface area contributed by atoms with Gasteiger partial charge in [0.25, 0.3) is 0 Å². The van der Waals surface area contributed by atoms with Crippen molar-refractivity contribution in [3.05, 3.63) is 0 Å². The predicted octanol–water partition coefficient (Wildman–Crippen LogP) is 3.42. The molecule has 0 aromatic rings. The van der Waals surface area contributed by atoms with Gasteiger partial charge in [-0.05, 0) is 45.3 Å². The zero-order valence-corrected chi connectivity index (χ0v) is 14.9. The fourth-order valence-electron chi connectivity index (χ4n) is 1.94. The average Bonchev–Trinajstić information content (AvgIpc) is 1.93. The molecule has 0 aliphatic heterocycles. The van der Waals surface area contributed by atoms with Crippen molar-refractivity contribution in [1.29, 1.82) is 0 Å². The summed E-state index contributed by atoms with van der Waals surface area (Å²) in [5.41, 5.74) is 0. The van der Waals surface area contributed by atoms with E-state index in [0.717, 1.165) is 0 Å².